The fourth-order valence-electron chi connectivity index (χ4n) is 6.66. The van der Waals surface area contributed by atoms with E-state index in [4.69, 9.17) is 23.7 Å². The van der Waals surface area contributed by atoms with Crippen LogP contribution in [-0.2, 0) is 35.0 Å². The molecule has 0 unspecified atom stereocenters. The minimum atomic E-state index is -1.02. The molecule has 4 rings (SSSR count). The molecule has 2 aromatic rings. The van der Waals surface area contributed by atoms with E-state index in [9.17, 15) is 14.4 Å². The Labute approximate surface area is 300 Å². The largest absolute Gasteiger partial charge is 0.508 e. The summed E-state index contributed by atoms with van der Waals surface area (Å²) < 4.78 is 58.7. The SMILES string of the molecule is C=C(C)C(=O)OCCCc1cc(-c2c(F)cc(C3CCC(CCCCCC)CC3)cc2F)ccc1OCC1(COC(=O)C(=C)C)COC(=O)OC1. The predicted molar refractivity (Wildman–Crippen MR) is 190 cm³/mol. The van der Waals surface area contributed by atoms with Crippen molar-refractivity contribution in [2.24, 2.45) is 11.3 Å². The van der Waals surface area contributed by atoms with E-state index in [0.717, 1.165) is 25.7 Å². The topological polar surface area (TPSA) is 97.4 Å². The molecule has 1 aliphatic heterocycles. The Bertz CT molecular complexity index is 1530. The van der Waals surface area contributed by atoms with Gasteiger partial charge in [0.25, 0.3) is 0 Å². The summed E-state index contributed by atoms with van der Waals surface area (Å²) in [7, 11) is 0. The second-order valence-corrected chi connectivity index (χ2v) is 14.2. The molecule has 1 heterocycles. The molecule has 1 saturated carbocycles. The number of unbranched alkanes of at least 4 members (excludes halogenated alkanes) is 3. The first kappa shape index (κ1) is 39.6. The van der Waals surface area contributed by atoms with Crippen molar-refractivity contribution in [1.29, 1.82) is 0 Å². The van der Waals surface area contributed by atoms with Crippen molar-refractivity contribution in [2.45, 2.75) is 97.3 Å². The number of aryl methyl sites for hydroxylation is 1. The van der Waals surface area contributed by atoms with Crippen LogP contribution in [0.5, 0.6) is 5.75 Å². The van der Waals surface area contributed by atoms with E-state index in [0.29, 0.717) is 41.2 Å². The van der Waals surface area contributed by atoms with Crippen LogP contribution in [0, 0.1) is 23.0 Å². The van der Waals surface area contributed by atoms with Crippen LogP contribution in [0.4, 0.5) is 13.6 Å². The Morgan fingerprint density at radius 2 is 1.51 bits per heavy atom. The number of hydrogen-bond acceptors (Lipinski definition) is 8. The standard InChI is InChI=1S/C41H52F2O8/c1-6-7-8-9-11-29-13-15-30(16-14-29)33-21-34(42)37(35(43)22-33)32-17-18-36(31(20-32)12-10-19-47-38(44)27(2)3)48-23-41(24-49-39(45)28(4)5)25-50-40(46)51-26-41/h17-18,20-22,29-30H,2,4,6-16,19,23-26H2,1,3,5H3. The van der Waals surface area contributed by atoms with Gasteiger partial charge in [-0.3, -0.25) is 0 Å². The third-order valence-electron chi connectivity index (χ3n) is 9.75. The maximum absolute atomic E-state index is 15.8. The number of carbonyl (C=O) groups is 3. The Morgan fingerprint density at radius 3 is 2.14 bits per heavy atom. The third-order valence-corrected chi connectivity index (χ3v) is 9.75. The second-order valence-electron chi connectivity index (χ2n) is 14.2. The van der Waals surface area contributed by atoms with E-state index in [1.54, 1.807) is 25.1 Å². The summed E-state index contributed by atoms with van der Waals surface area (Å²) in [6, 6.07) is 7.85. The van der Waals surface area contributed by atoms with Gasteiger partial charge in [0.15, 0.2) is 0 Å². The highest BCUT2D eigenvalue weighted by Gasteiger charge is 2.41. The predicted octanol–water partition coefficient (Wildman–Crippen LogP) is 9.58. The molecule has 0 atom stereocenters. The molecular formula is C41H52F2O8. The van der Waals surface area contributed by atoms with Gasteiger partial charge < -0.3 is 23.7 Å². The van der Waals surface area contributed by atoms with Gasteiger partial charge in [0.05, 0.1) is 12.2 Å². The maximum atomic E-state index is 15.8. The van der Waals surface area contributed by atoms with Gasteiger partial charge in [-0.1, -0.05) is 58.3 Å². The molecular weight excluding hydrogens is 658 g/mol. The molecule has 51 heavy (non-hydrogen) atoms. The van der Waals surface area contributed by atoms with Gasteiger partial charge in [-0.15, -0.1) is 0 Å². The van der Waals surface area contributed by atoms with Crippen LogP contribution in [0.2, 0.25) is 0 Å². The Kier molecular flexibility index (Phi) is 14.6. The molecule has 2 fully saturated rings. The third kappa shape index (κ3) is 11.4. The minimum absolute atomic E-state index is 0.0703. The van der Waals surface area contributed by atoms with Gasteiger partial charge in [0.2, 0.25) is 0 Å². The summed E-state index contributed by atoms with van der Waals surface area (Å²) in [5.41, 5.74) is 0.993. The zero-order valence-electron chi connectivity index (χ0n) is 30.3. The second kappa shape index (κ2) is 18.9. The molecule has 1 saturated heterocycles. The summed E-state index contributed by atoms with van der Waals surface area (Å²) in [6.45, 7) is 12.1. The molecule has 0 aromatic heterocycles. The van der Waals surface area contributed by atoms with Crippen LogP contribution in [-0.4, -0.2) is 51.1 Å². The molecule has 0 spiro atoms. The highest BCUT2D eigenvalue weighted by molar-refractivity contribution is 5.87. The van der Waals surface area contributed by atoms with Crippen LogP contribution in [0.3, 0.4) is 0 Å². The van der Waals surface area contributed by atoms with E-state index in [1.165, 1.54) is 51.2 Å². The molecule has 2 aliphatic rings. The summed E-state index contributed by atoms with van der Waals surface area (Å²) in [4.78, 5) is 35.7. The summed E-state index contributed by atoms with van der Waals surface area (Å²) >= 11 is 0. The van der Waals surface area contributed by atoms with E-state index >= 15 is 8.78 Å². The number of ether oxygens (including phenoxy) is 5. The van der Waals surface area contributed by atoms with Crippen molar-refractivity contribution < 1.29 is 46.8 Å². The average molecular weight is 711 g/mol. The number of hydrogen-bond donors (Lipinski definition) is 0. The lowest BCUT2D eigenvalue weighted by Crippen LogP contribution is -2.47. The molecule has 0 amide bonds. The molecule has 1 aliphatic carbocycles. The van der Waals surface area contributed by atoms with Crippen molar-refractivity contribution in [3.05, 3.63) is 77.4 Å². The first-order valence-electron chi connectivity index (χ1n) is 18.1. The fourth-order valence-corrected chi connectivity index (χ4v) is 6.66. The van der Waals surface area contributed by atoms with E-state index in [2.05, 4.69) is 20.1 Å². The molecule has 10 heteroatoms. The summed E-state index contributed by atoms with van der Waals surface area (Å²) in [5.74, 6) is -1.14. The molecule has 8 nitrogen and oxygen atoms in total. The van der Waals surface area contributed by atoms with Crippen LogP contribution in [0.25, 0.3) is 11.1 Å². The van der Waals surface area contributed by atoms with E-state index < -0.39 is 35.1 Å². The van der Waals surface area contributed by atoms with Gasteiger partial charge in [-0.05, 0) is 105 Å². The number of halogens is 2. The van der Waals surface area contributed by atoms with Crippen LogP contribution >= 0.6 is 0 Å². The zero-order valence-corrected chi connectivity index (χ0v) is 30.3. The number of rotatable bonds is 18. The fraction of sp³-hybridized carbons (Fsp3) is 0.537. The Morgan fingerprint density at radius 1 is 0.863 bits per heavy atom. The average Bonchev–Trinajstić information content (AvgIpc) is 3.11. The van der Waals surface area contributed by atoms with Crippen LogP contribution < -0.4 is 4.74 Å². The van der Waals surface area contributed by atoms with Crippen molar-refractivity contribution in [3.8, 4) is 16.9 Å². The van der Waals surface area contributed by atoms with Crippen molar-refractivity contribution >= 4 is 18.1 Å². The monoisotopic (exact) mass is 710 g/mol. The first-order chi connectivity index (χ1) is 24.4. The van der Waals surface area contributed by atoms with Gasteiger partial charge in [0, 0.05) is 11.1 Å². The quantitative estimate of drug-likeness (QED) is 0.0653. The Balaban J connectivity index is 1.52. The zero-order chi connectivity index (χ0) is 37.0. The lowest BCUT2D eigenvalue weighted by molar-refractivity contribution is -0.151. The smallest absolute Gasteiger partial charge is 0.492 e. The summed E-state index contributed by atoms with van der Waals surface area (Å²) in [5, 5.41) is 0. The summed E-state index contributed by atoms with van der Waals surface area (Å²) in [6.07, 6.45) is 10.2. The lowest BCUT2D eigenvalue weighted by Gasteiger charge is -2.35. The lowest BCUT2D eigenvalue weighted by atomic mass is 9.76. The van der Waals surface area contributed by atoms with Crippen molar-refractivity contribution in [3.63, 3.8) is 0 Å². The minimum Gasteiger partial charge on any atom is -0.492 e. The highest BCUT2D eigenvalue weighted by atomic mass is 19.1. The van der Waals surface area contributed by atoms with Gasteiger partial charge in [-0.2, -0.15) is 0 Å². The molecule has 0 N–H and O–H groups in total. The van der Waals surface area contributed by atoms with Gasteiger partial charge in [0.1, 0.15) is 49.2 Å². The van der Waals surface area contributed by atoms with E-state index in [1.807, 2.05) is 0 Å². The molecule has 0 radical (unpaired) electrons. The van der Waals surface area contributed by atoms with Crippen LogP contribution in [0.1, 0.15) is 102 Å². The molecule has 2 aromatic carbocycles. The number of cyclic esters (lactones) is 2. The Hall–Kier alpha value is -4.21. The maximum Gasteiger partial charge on any atom is 0.508 e. The van der Waals surface area contributed by atoms with Gasteiger partial charge in [-0.25, -0.2) is 23.2 Å². The van der Waals surface area contributed by atoms with Crippen LogP contribution in [0.15, 0.2) is 54.6 Å². The van der Waals surface area contributed by atoms with Gasteiger partial charge >= 0.3 is 18.1 Å². The number of esters is 2. The first-order valence-corrected chi connectivity index (χ1v) is 18.1. The molecule has 0 bridgehead atoms. The van der Waals surface area contributed by atoms with Crippen molar-refractivity contribution in [1.82, 2.24) is 0 Å². The number of benzene rings is 2. The highest BCUT2D eigenvalue weighted by Crippen LogP contribution is 2.40. The van der Waals surface area contributed by atoms with Crippen molar-refractivity contribution in [2.75, 3.05) is 33.0 Å². The number of carbonyl (C=O) groups excluding carboxylic acids is 3. The normalized spacial score (nSPS) is 18.3. The van der Waals surface area contributed by atoms with E-state index in [-0.39, 0.29) is 55.7 Å². The molecule has 278 valence electrons.